The number of aromatic nitrogens is 4. The van der Waals surface area contributed by atoms with E-state index in [1.165, 1.54) is 0 Å². The van der Waals surface area contributed by atoms with E-state index in [0.29, 0.717) is 6.42 Å². The summed E-state index contributed by atoms with van der Waals surface area (Å²) in [5, 5.41) is 4.08. The molecule has 2 aliphatic rings. The number of nitrogens with one attached hydrogen (secondary N) is 1. The first-order valence-electron chi connectivity index (χ1n) is 10.2. The van der Waals surface area contributed by atoms with Gasteiger partial charge < -0.3 is 14.2 Å². The normalized spacial score (nSPS) is 18.5. The van der Waals surface area contributed by atoms with E-state index in [9.17, 15) is 4.79 Å². The third-order valence-corrected chi connectivity index (χ3v) is 6.06. The second-order valence-electron chi connectivity index (χ2n) is 7.85. The van der Waals surface area contributed by atoms with Crippen molar-refractivity contribution in [1.29, 1.82) is 0 Å². The van der Waals surface area contributed by atoms with Gasteiger partial charge in [-0.15, -0.1) is 0 Å². The van der Waals surface area contributed by atoms with Gasteiger partial charge in [0.2, 0.25) is 0 Å². The molecule has 0 aromatic carbocycles. The van der Waals surface area contributed by atoms with Crippen LogP contribution < -0.4 is 5.69 Å². The zero-order chi connectivity index (χ0) is 21.7. The van der Waals surface area contributed by atoms with Crippen molar-refractivity contribution in [2.45, 2.75) is 39.2 Å². The molecule has 8 nitrogen and oxygen atoms in total. The van der Waals surface area contributed by atoms with E-state index in [-0.39, 0.29) is 17.6 Å². The maximum absolute atomic E-state index is 12.9. The molecule has 3 aromatic heterocycles. The Morgan fingerprint density at radius 3 is 2.84 bits per heavy atom. The average Bonchev–Trinajstić information content (AvgIpc) is 3.30. The lowest BCUT2D eigenvalue weighted by Crippen LogP contribution is -2.26. The summed E-state index contributed by atoms with van der Waals surface area (Å²) in [6.07, 6.45) is 6.07. The minimum Gasteiger partial charge on any atom is -0.500 e. The highest BCUT2D eigenvalue weighted by Crippen LogP contribution is 2.44. The summed E-state index contributed by atoms with van der Waals surface area (Å²) < 4.78 is 13.0. The molecule has 5 rings (SSSR count). The van der Waals surface area contributed by atoms with E-state index in [1.54, 1.807) is 24.1 Å². The molecule has 0 amide bonds. The summed E-state index contributed by atoms with van der Waals surface area (Å²) in [4.78, 5) is 25.0. The number of aliphatic imine (C=N–C) groups is 1. The first-order valence-corrected chi connectivity index (χ1v) is 10.2. The van der Waals surface area contributed by atoms with Crippen molar-refractivity contribution < 1.29 is 9.26 Å². The zero-order valence-corrected chi connectivity index (χ0v) is 17.8. The van der Waals surface area contributed by atoms with Gasteiger partial charge in [0.05, 0.1) is 59.3 Å². The minimum absolute atomic E-state index is 0.107. The van der Waals surface area contributed by atoms with Crippen LogP contribution in [0.5, 0.6) is 0 Å². The fourth-order valence-corrected chi connectivity index (χ4v) is 4.58. The molecule has 0 bridgehead atoms. The number of hydrogen-bond acceptors (Lipinski definition) is 6. The zero-order valence-electron chi connectivity index (χ0n) is 17.8. The number of pyridine rings is 1. The Bertz CT molecular complexity index is 1290. The maximum Gasteiger partial charge on any atom is 0.326 e. The summed E-state index contributed by atoms with van der Waals surface area (Å²) in [7, 11) is 1.67. The Morgan fingerprint density at radius 1 is 1.32 bits per heavy atom. The van der Waals surface area contributed by atoms with Gasteiger partial charge in [-0.25, -0.2) is 4.79 Å². The Hall–Kier alpha value is -3.68. The minimum atomic E-state index is -0.222. The van der Waals surface area contributed by atoms with Gasteiger partial charge in [-0.2, -0.15) is 0 Å². The highest BCUT2D eigenvalue weighted by atomic mass is 16.5. The fourth-order valence-electron chi connectivity index (χ4n) is 4.58. The largest absolute Gasteiger partial charge is 0.500 e. The molecule has 1 aliphatic heterocycles. The number of methoxy groups -OCH3 is 1. The number of rotatable bonds is 4. The second kappa shape index (κ2) is 7.23. The SMILES string of the molecule is COC1=C(c2c(C)noc2C)C=C2N=Cc3[nH]c(=O)n([C@H](C)c4ccccn4)c3C2C1. The summed E-state index contributed by atoms with van der Waals surface area (Å²) in [5.41, 5.74) is 5.82. The summed E-state index contributed by atoms with van der Waals surface area (Å²) in [6.45, 7) is 5.79. The molecular formula is C23H23N5O3. The van der Waals surface area contributed by atoms with Crippen LogP contribution in [0.1, 0.15) is 59.4 Å². The van der Waals surface area contributed by atoms with Crippen LogP contribution in [-0.2, 0) is 4.74 Å². The predicted octanol–water partition coefficient (Wildman–Crippen LogP) is 3.65. The van der Waals surface area contributed by atoms with Gasteiger partial charge in [-0.1, -0.05) is 11.2 Å². The number of imidazole rings is 1. The van der Waals surface area contributed by atoms with Crippen LogP contribution in [0, 0.1) is 13.8 Å². The molecule has 158 valence electrons. The molecule has 3 aromatic rings. The molecule has 1 aliphatic carbocycles. The Labute approximate surface area is 179 Å². The van der Waals surface area contributed by atoms with E-state index in [0.717, 1.165) is 51.1 Å². The molecule has 2 atom stereocenters. The average molecular weight is 417 g/mol. The third-order valence-electron chi connectivity index (χ3n) is 6.06. The van der Waals surface area contributed by atoms with Gasteiger partial charge in [0, 0.05) is 18.2 Å². The molecule has 8 heteroatoms. The molecule has 1 N–H and O–H groups in total. The predicted molar refractivity (Wildman–Crippen MR) is 116 cm³/mol. The number of allylic oxidation sites excluding steroid dienone is 4. The quantitative estimate of drug-likeness (QED) is 0.699. The summed E-state index contributed by atoms with van der Waals surface area (Å²) in [5.74, 6) is 1.45. The van der Waals surface area contributed by atoms with Gasteiger partial charge in [0.25, 0.3) is 0 Å². The molecule has 4 heterocycles. The van der Waals surface area contributed by atoms with Gasteiger partial charge >= 0.3 is 5.69 Å². The van der Waals surface area contributed by atoms with E-state index in [1.807, 2.05) is 45.0 Å². The first-order chi connectivity index (χ1) is 15.0. The standard InChI is InChI=1S/C23H23N5O3/c1-12-21(14(3)31-27-12)16-9-18-15(10-20(16)30-4)22-19(11-25-18)26-23(29)28(22)13(2)17-7-5-6-8-24-17/h5-9,11,13,15H,10H2,1-4H3,(H,26,29)/t13-,15?/m1/s1. The Kier molecular flexibility index (Phi) is 4.50. The van der Waals surface area contributed by atoms with Crippen LogP contribution >= 0.6 is 0 Å². The van der Waals surface area contributed by atoms with Crippen molar-refractivity contribution in [3.63, 3.8) is 0 Å². The maximum atomic E-state index is 12.9. The van der Waals surface area contributed by atoms with E-state index >= 15 is 0 Å². The van der Waals surface area contributed by atoms with E-state index in [2.05, 4.69) is 20.1 Å². The number of fused-ring (bicyclic) bond motifs is 3. The molecule has 0 spiro atoms. The first kappa shape index (κ1) is 19.3. The Morgan fingerprint density at radius 2 is 2.16 bits per heavy atom. The number of H-pyrrole nitrogens is 1. The lowest BCUT2D eigenvalue weighted by atomic mass is 9.84. The summed E-state index contributed by atoms with van der Waals surface area (Å²) in [6, 6.07) is 5.51. The number of aromatic amines is 1. The van der Waals surface area contributed by atoms with Crippen LogP contribution in [0.2, 0.25) is 0 Å². The molecule has 0 fully saturated rings. The van der Waals surface area contributed by atoms with Crippen LogP contribution in [0.4, 0.5) is 0 Å². The molecule has 1 unspecified atom stereocenters. The molecular weight excluding hydrogens is 394 g/mol. The molecule has 0 saturated heterocycles. The number of ether oxygens (including phenoxy) is 1. The van der Waals surface area contributed by atoms with Crippen molar-refractivity contribution in [2.75, 3.05) is 7.11 Å². The van der Waals surface area contributed by atoms with Crippen LogP contribution in [0.3, 0.4) is 0 Å². The number of aryl methyl sites for hydroxylation is 2. The molecule has 0 saturated carbocycles. The van der Waals surface area contributed by atoms with Crippen molar-refractivity contribution in [3.8, 4) is 0 Å². The lowest BCUT2D eigenvalue weighted by Gasteiger charge is -2.29. The van der Waals surface area contributed by atoms with Gasteiger partial charge in [0.15, 0.2) is 0 Å². The lowest BCUT2D eigenvalue weighted by molar-refractivity contribution is 0.272. The smallest absolute Gasteiger partial charge is 0.326 e. The monoisotopic (exact) mass is 417 g/mol. The molecule has 31 heavy (non-hydrogen) atoms. The second-order valence-corrected chi connectivity index (χ2v) is 7.85. The number of hydrogen-bond donors (Lipinski definition) is 1. The summed E-state index contributed by atoms with van der Waals surface area (Å²) >= 11 is 0. The highest BCUT2D eigenvalue weighted by Gasteiger charge is 2.35. The fraction of sp³-hybridized carbons (Fsp3) is 0.304. The van der Waals surface area contributed by atoms with Gasteiger partial charge in [-0.05, 0) is 39.0 Å². The van der Waals surface area contributed by atoms with Crippen molar-refractivity contribution in [1.82, 2.24) is 19.7 Å². The van der Waals surface area contributed by atoms with Gasteiger partial charge in [-0.3, -0.25) is 14.5 Å². The number of nitrogens with zero attached hydrogens (tertiary/aromatic N) is 4. The van der Waals surface area contributed by atoms with Crippen LogP contribution in [0.25, 0.3) is 5.57 Å². The van der Waals surface area contributed by atoms with Crippen molar-refractivity contribution >= 4 is 11.8 Å². The van der Waals surface area contributed by atoms with Crippen molar-refractivity contribution in [3.05, 3.63) is 86.5 Å². The van der Waals surface area contributed by atoms with Gasteiger partial charge in [0.1, 0.15) is 11.5 Å². The Balaban J connectivity index is 1.63. The van der Waals surface area contributed by atoms with Crippen LogP contribution in [-0.4, -0.2) is 33.0 Å². The third kappa shape index (κ3) is 2.98. The molecule has 0 radical (unpaired) electrons. The van der Waals surface area contributed by atoms with E-state index in [4.69, 9.17) is 9.26 Å². The highest BCUT2D eigenvalue weighted by molar-refractivity contribution is 5.86. The van der Waals surface area contributed by atoms with Crippen LogP contribution in [0.15, 0.2) is 56.2 Å². The topological polar surface area (TPSA) is 98.3 Å². The van der Waals surface area contributed by atoms with E-state index < -0.39 is 0 Å². The van der Waals surface area contributed by atoms with Crippen molar-refractivity contribution in [2.24, 2.45) is 4.99 Å².